The summed E-state index contributed by atoms with van der Waals surface area (Å²) in [7, 11) is 1.78. The first-order valence-electron chi connectivity index (χ1n) is 6.78. The number of ether oxygens (including phenoxy) is 1. The molecular weight excluding hydrogens is 308 g/mol. The van der Waals surface area contributed by atoms with Crippen LogP contribution in [0.5, 0.6) is 0 Å². The normalized spacial score (nSPS) is 22.5. The number of hydrogen-bond acceptors (Lipinski definition) is 5. The van der Waals surface area contributed by atoms with Crippen molar-refractivity contribution in [2.45, 2.75) is 44.8 Å². The Morgan fingerprint density at radius 2 is 2.32 bits per heavy atom. The molecule has 1 saturated carbocycles. The molecular formula is C13H21BrN4O. The van der Waals surface area contributed by atoms with Crippen LogP contribution in [0.25, 0.3) is 0 Å². The molecule has 1 heterocycles. The molecule has 0 radical (unpaired) electrons. The molecule has 2 N–H and O–H groups in total. The van der Waals surface area contributed by atoms with E-state index in [1.807, 2.05) is 0 Å². The first kappa shape index (κ1) is 14.5. The predicted molar refractivity (Wildman–Crippen MR) is 80.6 cm³/mol. The van der Waals surface area contributed by atoms with Gasteiger partial charge in [0.1, 0.15) is 5.82 Å². The van der Waals surface area contributed by atoms with Crippen LogP contribution in [-0.2, 0) is 4.74 Å². The Kier molecular flexibility index (Phi) is 5.39. The Bertz CT molecular complexity index is 416. The molecule has 19 heavy (non-hydrogen) atoms. The Morgan fingerprint density at radius 1 is 1.47 bits per heavy atom. The van der Waals surface area contributed by atoms with Crippen molar-refractivity contribution in [3.63, 3.8) is 0 Å². The van der Waals surface area contributed by atoms with Gasteiger partial charge in [0, 0.05) is 25.9 Å². The summed E-state index contributed by atoms with van der Waals surface area (Å²) >= 11 is 3.49. The lowest BCUT2D eigenvalue weighted by Crippen LogP contribution is -2.19. The lowest BCUT2D eigenvalue weighted by molar-refractivity contribution is 0.108. The average molecular weight is 329 g/mol. The maximum absolute atomic E-state index is 5.39. The summed E-state index contributed by atoms with van der Waals surface area (Å²) in [5.41, 5.74) is 0. The highest BCUT2D eigenvalue weighted by molar-refractivity contribution is 9.10. The van der Waals surface area contributed by atoms with Gasteiger partial charge in [-0.05, 0) is 41.6 Å². The van der Waals surface area contributed by atoms with E-state index in [-0.39, 0.29) is 0 Å². The largest absolute Gasteiger partial charge is 0.381 e. The van der Waals surface area contributed by atoms with Crippen LogP contribution in [-0.4, -0.2) is 35.8 Å². The van der Waals surface area contributed by atoms with Crippen LogP contribution in [0.2, 0.25) is 0 Å². The second-order valence-corrected chi connectivity index (χ2v) is 5.68. The average Bonchev–Trinajstić information content (AvgIpc) is 2.87. The lowest BCUT2D eigenvalue weighted by Gasteiger charge is -2.15. The fourth-order valence-electron chi connectivity index (χ4n) is 2.27. The van der Waals surface area contributed by atoms with Crippen LogP contribution in [0.3, 0.4) is 0 Å². The minimum absolute atomic E-state index is 0.371. The number of nitrogens with one attached hydrogen (secondary N) is 2. The maximum atomic E-state index is 5.39. The van der Waals surface area contributed by atoms with Crippen molar-refractivity contribution in [1.82, 2.24) is 9.97 Å². The molecule has 0 saturated heterocycles. The molecule has 1 aliphatic carbocycles. The summed E-state index contributed by atoms with van der Waals surface area (Å²) in [6.07, 6.45) is 6.47. The zero-order valence-electron chi connectivity index (χ0n) is 11.4. The number of anilines is 2. The van der Waals surface area contributed by atoms with Crippen molar-refractivity contribution in [2.75, 3.05) is 24.3 Å². The van der Waals surface area contributed by atoms with E-state index in [0.717, 1.165) is 42.5 Å². The maximum Gasteiger partial charge on any atom is 0.224 e. The molecule has 1 fully saturated rings. The van der Waals surface area contributed by atoms with Crippen molar-refractivity contribution >= 4 is 27.7 Å². The summed E-state index contributed by atoms with van der Waals surface area (Å²) in [4.78, 5) is 8.75. The number of rotatable bonds is 6. The molecule has 2 atom stereocenters. The fourth-order valence-corrected chi connectivity index (χ4v) is 2.57. The Balaban J connectivity index is 1.98. The molecule has 6 heteroatoms. The zero-order chi connectivity index (χ0) is 13.7. The van der Waals surface area contributed by atoms with Crippen molar-refractivity contribution in [3.8, 4) is 0 Å². The molecule has 0 aliphatic heterocycles. The molecule has 106 valence electrons. The molecule has 2 unspecified atom stereocenters. The van der Waals surface area contributed by atoms with E-state index < -0.39 is 0 Å². The number of halogens is 1. The van der Waals surface area contributed by atoms with Crippen molar-refractivity contribution in [2.24, 2.45) is 0 Å². The summed E-state index contributed by atoms with van der Waals surface area (Å²) in [5, 5.41) is 6.67. The van der Waals surface area contributed by atoms with Gasteiger partial charge < -0.3 is 15.4 Å². The topological polar surface area (TPSA) is 59.1 Å². The lowest BCUT2D eigenvalue weighted by atomic mass is 10.2. The molecule has 0 aromatic carbocycles. The van der Waals surface area contributed by atoms with Crippen LogP contribution < -0.4 is 10.6 Å². The van der Waals surface area contributed by atoms with Crippen molar-refractivity contribution in [1.29, 1.82) is 0 Å². The second-order valence-electron chi connectivity index (χ2n) is 4.83. The van der Waals surface area contributed by atoms with Gasteiger partial charge in [-0.2, -0.15) is 4.98 Å². The number of nitrogens with zero attached hydrogens (tertiary/aromatic N) is 2. The van der Waals surface area contributed by atoms with Gasteiger partial charge in [-0.3, -0.25) is 0 Å². The Hall–Kier alpha value is -0.880. The molecule has 0 bridgehead atoms. The molecule has 5 nitrogen and oxygen atoms in total. The van der Waals surface area contributed by atoms with E-state index in [1.165, 1.54) is 0 Å². The van der Waals surface area contributed by atoms with Crippen LogP contribution >= 0.6 is 15.9 Å². The third kappa shape index (κ3) is 4.04. The van der Waals surface area contributed by atoms with Crippen LogP contribution in [0.15, 0.2) is 10.7 Å². The van der Waals surface area contributed by atoms with Gasteiger partial charge in [0.2, 0.25) is 5.95 Å². The highest BCUT2D eigenvalue weighted by atomic mass is 79.9. The van der Waals surface area contributed by atoms with E-state index >= 15 is 0 Å². The van der Waals surface area contributed by atoms with Crippen LogP contribution in [0, 0.1) is 0 Å². The SMILES string of the molecule is CCCNc1ncc(Br)c(NC2CCC(OC)C2)n1. The van der Waals surface area contributed by atoms with Crippen molar-refractivity contribution < 1.29 is 4.74 Å². The summed E-state index contributed by atoms with van der Waals surface area (Å²) < 4.78 is 6.29. The third-order valence-electron chi connectivity index (χ3n) is 3.34. The smallest absolute Gasteiger partial charge is 0.224 e. The zero-order valence-corrected chi connectivity index (χ0v) is 13.0. The van der Waals surface area contributed by atoms with Gasteiger partial charge in [0.15, 0.2) is 0 Å². The van der Waals surface area contributed by atoms with Gasteiger partial charge in [-0.15, -0.1) is 0 Å². The van der Waals surface area contributed by atoms with E-state index in [2.05, 4.69) is 43.5 Å². The highest BCUT2D eigenvalue weighted by Crippen LogP contribution is 2.27. The molecule has 1 aromatic heterocycles. The van der Waals surface area contributed by atoms with Gasteiger partial charge in [0.05, 0.1) is 10.6 Å². The minimum Gasteiger partial charge on any atom is -0.381 e. The van der Waals surface area contributed by atoms with Crippen LogP contribution in [0.4, 0.5) is 11.8 Å². The molecule has 1 aliphatic rings. The summed E-state index contributed by atoms with van der Waals surface area (Å²) in [6.45, 7) is 3.00. The monoisotopic (exact) mass is 328 g/mol. The third-order valence-corrected chi connectivity index (χ3v) is 3.92. The molecule has 0 amide bonds. The van der Waals surface area contributed by atoms with Gasteiger partial charge in [-0.1, -0.05) is 6.92 Å². The Labute approximate surface area is 122 Å². The van der Waals surface area contributed by atoms with Gasteiger partial charge >= 0.3 is 0 Å². The van der Waals surface area contributed by atoms with E-state index in [0.29, 0.717) is 18.1 Å². The number of methoxy groups -OCH3 is 1. The predicted octanol–water partition coefficient (Wildman–Crippen LogP) is 3.04. The van der Waals surface area contributed by atoms with Crippen molar-refractivity contribution in [3.05, 3.63) is 10.7 Å². The van der Waals surface area contributed by atoms with E-state index in [1.54, 1.807) is 13.3 Å². The quantitative estimate of drug-likeness (QED) is 0.840. The summed E-state index contributed by atoms with van der Waals surface area (Å²) in [5.74, 6) is 1.53. The van der Waals surface area contributed by atoms with E-state index in [9.17, 15) is 0 Å². The highest BCUT2D eigenvalue weighted by Gasteiger charge is 2.25. The van der Waals surface area contributed by atoms with E-state index in [4.69, 9.17) is 4.74 Å². The fraction of sp³-hybridized carbons (Fsp3) is 0.692. The standard InChI is InChI=1S/C13H21BrN4O/c1-3-6-15-13-16-8-11(14)12(18-13)17-9-4-5-10(7-9)19-2/h8-10H,3-7H2,1-2H3,(H2,15,16,17,18). The second kappa shape index (κ2) is 7.05. The minimum atomic E-state index is 0.371. The Morgan fingerprint density at radius 3 is 3.00 bits per heavy atom. The first-order valence-corrected chi connectivity index (χ1v) is 7.58. The molecule has 1 aromatic rings. The molecule has 0 spiro atoms. The number of hydrogen-bond donors (Lipinski definition) is 2. The molecule has 2 rings (SSSR count). The summed E-state index contributed by atoms with van der Waals surface area (Å²) in [6, 6.07) is 0.426. The number of aromatic nitrogens is 2. The van der Waals surface area contributed by atoms with Gasteiger partial charge in [0.25, 0.3) is 0 Å². The first-order chi connectivity index (χ1) is 9.22. The van der Waals surface area contributed by atoms with Crippen LogP contribution in [0.1, 0.15) is 32.6 Å². The van der Waals surface area contributed by atoms with Gasteiger partial charge in [-0.25, -0.2) is 4.98 Å².